The van der Waals surface area contributed by atoms with E-state index < -0.39 is 41.6 Å². The molecule has 3 rings (SSSR count). The van der Waals surface area contributed by atoms with E-state index in [-0.39, 0.29) is 19.4 Å². The fraction of sp³-hybridized carbons (Fsp3) is 0.667. The normalized spacial score (nSPS) is 31.1. The minimum Gasteiger partial charge on any atom is -0.394 e. The number of hydrogen-bond acceptors (Lipinski definition) is 7. The summed E-state index contributed by atoms with van der Waals surface area (Å²) in [6.45, 7) is 3.19. The van der Waals surface area contributed by atoms with E-state index in [4.69, 9.17) is 14.2 Å². The molecule has 2 aliphatic rings. The summed E-state index contributed by atoms with van der Waals surface area (Å²) >= 11 is 0. The zero-order valence-corrected chi connectivity index (χ0v) is 13.4. The van der Waals surface area contributed by atoms with Crippen molar-refractivity contribution in [2.75, 3.05) is 6.61 Å². The molecule has 2 saturated heterocycles. The van der Waals surface area contributed by atoms with Gasteiger partial charge in [0, 0.05) is 18.2 Å². The highest BCUT2D eigenvalue weighted by Gasteiger charge is 2.55. The lowest BCUT2D eigenvalue weighted by Gasteiger charge is -2.24. The second kappa shape index (κ2) is 6.25. The summed E-state index contributed by atoms with van der Waals surface area (Å²) in [7, 11) is 0. The van der Waals surface area contributed by atoms with Gasteiger partial charge in [-0.05, 0) is 20.3 Å². The van der Waals surface area contributed by atoms with Gasteiger partial charge < -0.3 is 24.1 Å². The number of nitrogens with zero attached hydrogens (tertiary/aromatic N) is 1. The molecule has 24 heavy (non-hydrogen) atoms. The topological polar surface area (TPSA) is 120 Å². The predicted molar refractivity (Wildman–Crippen MR) is 80.5 cm³/mol. The number of aromatic nitrogens is 2. The summed E-state index contributed by atoms with van der Waals surface area (Å²) < 4.78 is 18.5. The van der Waals surface area contributed by atoms with Crippen LogP contribution in [0.2, 0.25) is 0 Å². The van der Waals surface area contributed by atoms with E-state index in [0.29, 0.717) is 11.8 Å². The number of rotatable bonds is 5. The maximum absolute atomic E-state index is 12.2. The molecule has 132 valence electrons. The highest BCUT2D eigenvalue weighted by Crippen LogP contribution is 2.42. The molecule has 0 bridgehead atoms. The first-order valence-electron chi connectivity index (χ1n) is 7.76. The predicted octanol–water partition coefficient (Wildman–Crippen LogP) is -0.922. The lowest BCUT2D eigenvalue weighted by Crippen LogP contribution is -2.38. The Morgan fingerprint density at radius 1 is 1.33 bits per heavy atom. The zero-order chi connectivity index (χ0) is 17.5. The number of aldehydes is 1. The van der Waals surface area contributed by atoms with Crippen molar-refractivity contribution in [3.8, 4) is 0 Å². The molecule has 2 N–H and O–H groups in total. The fourth-order valence-corrected chi connectivity index (χ4v) is 3.14. The van der Waals surface area contributed by atoms with Gasteiger partial charge in [-0.15, -0.1) is 0 Å². The first kappa shape index (κ1) is 17.0. The summed E-state index contributed by atoms with van der Waals surface area (Å²) in [5.74, 6) is -0.864. The summed E-state index contributed by atoms with van der Waals surface area (Å²) in [5.41, 5.74) is -0.881. The molecule has 2 fully saturated rings. The lowest BCUT2D eigenvalue weighted by molar-refractivity contribution is -0.200. The second-order valence-corrected chi connectivity index (χ2v) is 6.34. The Morgan fingerprint density at radius 3 is 2.71 bits per heavy atom. The maximum Gasteiger partial charge on any atom is 0.330 e. The third-order valence-corrected chi connectivity index (χ3v) is 4.15. The number of aromatic amines is 1. The number of carbonyl (C=O) groups excluding carboxylic acids is 1. The van der Waals surface area contributed by atoms with Crippen LogP contribution < -0.4 is 11.2 Å². The van der Waals surface area contributed by atoms with E-state index in [2.05, 4.69) is 4.98 Å². The van der Waals surface area contributed by atoms with Crippen molar-refractivity contribution in [3.63, 3.8) is 0 Å². The first-order valence-corrected chi connectivity index (χ1v) is 7.76. The van der Waals surface area contributed by atoms with E-state index in [9.17, 15) is 19.5 Å². The molecule has 0 radical (unpaired) electrons. The average molecular weight is 340 g/mol. The van der Waals surface area contributed by atoms with Crippen LogP contribution >= 0.6 is 0 Å². The van der Waals surface area contributed by atoms with E-state index in [1.165, 1.54) is 10.8 Å². The van der Waals surface area contributed by atoms with E-state index in [0.717, 1.165) is 0 Å². The van der Waals surface area contributed by atoms with Crippen molar-refractivity contribution in [1.29, 1.82) is 0 Å². The van der Waals surface area contributed by atoms with Gasteiger partial charge in [0.25, 0.3) is 5.56 Å². The zero-order valence-electron chi connectivity index (χ0n) is 13.4. The van der Waals surface area contributed by atoms with Crippen LogP contribution in [0.15, 0.2) is 15.8 Å². The molecule has 3 heterocycles. The Morgan fingerprint density at radius 2 is 2.04 bits per heavy atom. The monoisotopic (exact) mass is 340 g/mol. The van der Waals surface area contributed by atoms with Crippen molar-refractivity contribution in [2.24, 2.45) is 0 Å². The highest BCUT2D eigenvalue weighted by molar-refractivity contribution is 5.49. The molecule has 4 atom stereocenters. The number of aliphatic hydroxyl groups is 1. The minimum atomic E-state index is -0.864. The molecule has 9 heteroatoms. The molecule has 0 saturated carbocycles. The summed E-state index contributed by atoms with van der Waals surface area (Å²) in [5, 5.41) is 9.49. The minimum absolute atomic E-state index is 0.171. The maximum atomic E-state index is 12.2. The Kier molecular flexibility index (Phi) is 4.43. The second-order valence-electron chi connectivity index (χ2n) is 6.34. The molecular formula is C15H20N2O7. The van der Waals surface area contributed by atoms with Crippen molar-refractivity contribution in [3.05, 3.63) is 32.6 Å². The molecule has 0 aromatic carbocycles. The Balaban J connectivity index is 1.97. The van der Waals surface area contributed by atoms with E-state index in [1.54, 1.807) is 13.8 Å². The Hall–Kier alpha value is -1.81. The number of ether oxygens (including phenoxy) is 3. The smallest absolute Gasteiger partial charge is 0.330 e. The number of fused-ring (bicyclic) bond motifs is 1. The van der Waals surface area contributed by atoms with Crippen LogP contribution in [0.5, 0.6) is 0 Å². The van der Waals surface area contributed by atoms with E-state index in [1.807, 2.05) is 0 Å². The van der Waals surface area contributed by atoms with Gasteiger partial charge in [0.2, 0.25) is 0 Å². The van der Waals surface area contributed by atoms with Crippen LogP contribution in [0.3, 0.4) is 0 Å². The molecule has 0 amide bonds. The summed E-state index contributed by atoms with van der Waals surface area (Å²) in [4.78, 5) is 36.8. The van der Waals surface area contributed by atoms with Crippen LogP contribution in [0.4, 0.5) is 0 Å². The van der Waals surface area contributed by atoms with Crippen molar-refractivity contribution in [2.45, 2.75) is 57.0 Å². The van der Waals surface area contributed by atoms with Crippen LogP contribution in [0.25, 0.3) is 0 Å². The molecule has 2 unspecified atom stereocenters. The van der Waals surface area contributed by atoms with Gasteiger partial charge in [0.1, 0.15) is 24.6 Å². The van der Waals surface area contributed by atoms with Gasteiger partial charge in [-0.3, -0.25) is 14.3 Å². The molecule has 9 nitrogen and oxygen atoms in total. The molecule has 0 spiro atoms. The van der Waals surface area contributed by atoms with Gasteiger partial charge in [-0.25, -0.2) is 4.79 Å². The van der Waals surface area contributed by atoms with Crippen LogP contribution in [-0.2, 0) is 25.4 Å². The highest BCUT2D eigenvalue weighted by atomic mass is 16.8. The number of H-pyrrole nitrogens is 1. The first-order chi connectivity index (χ1) is 11.4. The number of aryl methyl sites for hydroxylation is 1. The van der Waals surface area contributed by atoms with Gasteiger partial charge in [-0.2, -0.15) is 0 Å². The largest absolute Gasteiger partial charge is 0.394 e. The fourth-order valence-electron chi connectivity index (χ4n) is 3.14. The third kappa shape index (κ3) is 2.95. The molecule has 1 aromatic rings. The molecule has 0 aliphatic carbocycles. The Bertz CT molecular complexity index is 738. The van der Waals surface area contributed by atoms with Gasteiger partial charge >= 0.3 is 5.69 Å². The SMILES string of the molecule is CC1(C)OC2C(O1)[C@@H](CO)O[C@H]2n1cc(CCC=O)c(=O)[nH]c1=O. The average Bonchev–Trinajstić information content (AvgIpc) is 2.99. The van der Waals surface area contributed by atoms with Crippen LogP contribution in [0.1, 0.15) is 32.1 Å². The van der Waals surface area contributed by atoms with E-state index >= 15 is 0 Å². The van der Waals surface area contributed by atoms with Crippen molar-refractivity contribution >= 4 is 6.29 Å². The van der Waals surface area contributed by atoms with Gasteiger partial charge in [0.05, 0.1) is 6.61 Å². The van der Waals surface area contributed by atoms with Crippen molar-refractivity contribution in [1.82, 2.24) is 9.55 Å². The quantitative estimate of drug-likeness (QED) is 0.665. The van der Waals surface area contributed by atoms with Gasteiger partial charge in [0.15, 0.2) is 12.0 Å². The third-order valence-electron chi connectivity index (χ3n) is 4.15. The van der Waals surface area contributed by atoms with Crippen LogP contribution in [-0.4, -0.2) is 51.6 Å². The van der Waals surface area contributed by atoms with Crippen LogP contribution in [0, 0.1) is 0 Å². The molecule has 2 aliphatic heterocycles. The molecule has 1 aromatic heterocycles. The Labute approximate surface area is 137 Å². The number of hydrogen-bond donors (Lipinski definition) is 2. The summed E-state index contributed by atoms with van der Waals surface area (Å²) in [6.07, 6.45) is -0.133. The number of nitrogens with one attached hydrogen (secondary N) is 1. The standard InChI is InChI=1S/C15H20N2O7/c1-15(2)23-10-9(7-19)22-13(11(10)24-15)17-6-8(4-3-5-18)12(20)16-14(17)21/h5-6,9-11,13,19H,3-4,7H2,1-2H3,(H,16,20,21)/t9-,10?,11?,13-/m1/s1. The molecular weight excluding hydrogens is 320 g/mol. The summed E-state index contributed by atoms with van der Waals surface area (Å²) in [6, 6.07) is 0. The number of aliphatic hydroxyl groups excluding tert-OH is 1. The van der Waals surface area contributed by atoms with Crippen molar-refractivity contribution < 1.29 is 24.1 Å². The lowest BCUT2D eigenvalue weighted by atomic mass is 10.1. The number of carbonyl (C=O) groups is 1. The van der Waals surface area contributed by atoms with Gasteiger partial charge in [-0.1, -0.05) is 0 Å².